The number of piperidine rings is 1. The van der Waals surface area contributed by atoms with Gasteiger partial charge in [-0.2, -0.15) is 13.2 Å². The van der Waals surface area contributed by atoms with Gasteiger partial charge in [-0.05, 0) is 38.1 Å². The fourth-order valence-electron chi connectivity index (χ4n) is 3.55. The van der Waals surface area contributed by atoms with E-state index in [9.17, 15) is 17.6 Å². The summed E-state index contributed by atoms with van der Waals surface area (Å²) < 4.78 is 50.9. The van der Waals surface area contributed by atoms with E-state index in [0.717, 1.165) is 17.1 Å². The minimum absolute atomic E-state index is 0.0979. The maximum absolute atomic E-state index is 13.4. The van der Waals surface area contributed by atoms with Crippen LogP contribution in [0, 0.1) is 5.82 Å². The molecule has 0 atom stereocenters. The molecule has 0 saturated carbocycles. The summed E-state index contributed by atoms with van der Waals surface area (Å²) in [4.78, 5) is 17.7. The first kappa shape index (κ1) is 19.5. The Labute approximate surface area is 164 Å². The number of alkyl halides is 3. The molecular formula is C20H19F4N5. The molecule has 3 aromatic rings. The van der Waals surface area contributed by atoms with Crippen molar-refractivity contribution in [2.24, 2.45) is 0 Å². The van der Waals surface area contributed by atoms with E-state index >= 15 is 0 Å². The first-order valence-electron chi connectivity index (χ1n) is 9.30. The van der Waals surface area contributed by atoms with Gasteiger partial charge in [0.15, 0.2) is 5.82 Å². The summed E-state index contributed by atoms with van der Waals surface area (Å²) in [6.45, 7) is -0.0740. The first-order chi connectivity index (χ1) is 13.9. The summed E-state index contributed by atoms with van der Waals surface area (Å²) in [6, 6.07) is 6.06. The molecule has 29 heavy (non-hydrogen) atoms. The third-order valence-corrected chi connectivity index (χ3v) is 5.02. The largest absolute Gasteiger partial charge is 0.401 e. The molecule has 0 radical (unpaired) electrons. The average Bonchev–Trinajstić information content (AvgIpc) is 3.18. The van der Waals surface area contributed by atoms with Gasteiger partial charge in [-0.3, -0.25) is 4.90 Å². The number of likely N-dealkylation sites (tertiary alicyclic amines) is 1. The number of nitrogens with zero attached hydrogens (tertiary/aromatic N) is 4. The maximum Gasteiger partial charge on any atom is 0.401 e. The molecule has 1 aliphatic heterocycles. The molecule has 0 bridgehead atoms. The predicted octanol–water partition coefficient (Wildman–Crippen LogP) is 4.41. The van der Waals surface area contributed by atoms with E-state index in [-0.39, 0.29) is 11.7 Å². The van der Waals surface area contributed by atoms with Gasteiger partial charge < -0.3 is 4.98 Å². The van der Waals surface area contributed by atoms with Gasteiger partial charge in [0.1, 0.15) is 11.6 Å². The quantitative estimate of drug-likeness (QED) is 0.653. The molecule has 0 amide bonds. The number of imidazole rings is 1. The number of aromatic amines is 1. The van der Waals surface area contributed by atoms with Crippen LogP contribution >= 0.6 is 0 Å². The average molecular weight is 405 g/mol. The second-order valence-corrected chi connectivity index (χ2v) is 7.15. The Kier molecular flexibility index (Phi) is 5.31. The van der Waals surface area contributed by atoms with Gasteiger partial charge in [0.2, 0.25) is 0 Å². The minimum atomic E-state index is -4.16. The van der Waals surface area contributed by atoms with Crippen molar-refractivity contribution >= 4 is 0 Å². The molecule has 1 aliphatic rings. The summed E-state index contributed by atoms with van der Waals surface area (Å²) in [5.74, 6) is 0.932. The lowest BCUT2D eigenvalue weighted by molar-refractivity contribution is -0.148. The van der Waals surface area contributed by atoms with Gasteiger partial charge in [0.25, 0.3) is 0 Å². The van der Waals surface area contributed by atoms with Gasteiger partial charge in [-0.25, -0.2) is 19.3 Å². The van der Waals surface area contributed by atoms with Crippen LogP contribution in [0.3, 0.4) is 0 Å². The smallest absolute Gasteiger partial charge is 0.342 e. The van der Waals surface area contributed by atoms with Crippen molar-refractivity contribution < 1.29 is 17.6 Å². The third-order valence-electron chi connectivity index (χ3n) is 5.02. The molecule has 5 nitrogen and oxygen atoms in total. The number of halogens is 4. The second kappa shape index (κ2) is 7.90. The van der Waals surface area contributed by atoms with Crippen molar-refractivity contribution in [2.45, 2.75) is 24.9 Å². The molecule has 9 heteroatoms. The zero-order valence-electron chi connectivity index (χ0n) is 15.5. The molecule has 1 saturated heterocycles. The van der Waals surface area contributed by atoms with E-state index in [1.54, 1.807) is 30.7 Å². The van der Waals surface area contributed by atoms with Crippen molar-refractivity contribution in [3.05, 3.63) is 54.5 Å². The van der Waals surface area contributed by atoms with E-state index in [1.165, 1.54) is 17.0 Å². The zero-order valence-corrected chi connectivity index (χ0v) is 15.5. The molecule has 0 aliphatic carbocycles. The van der Waals surface area contributed by atoms with Crippen molar-refractivity contribution in [1.29, 1.82) is 0 Å². The Balaban J connectivity index is 1.42. The van der Waals surface area contributed by atoms with Crippen molar-refractivity contribution in [2.75, 3.05) is 19.6 Å². The molecule has 152 valence electrons. The molecule has 3 heterocycles. The van der Waals surface area contributed by atoms with E-state index in [1.807, 2.05) is 0 Å². The number of benzene rings is 1. The Morgan fingerprint density at radius 2 is 1.72 bits per heavy atom. The standard InChI is InChI=1S/C20H19F4N5/c21-16-3-1-2-14(8-16)18-25-9-15(10-26-18)17-11-27-19(28-17)13-4-6-29(7-5-13)12-20(22,23)24/h1-3,8-11,13H,4-7,12H2,(H,27,28). The van der Waals surface area contributed by atoms with Crippen molar-refractivity contribution in [3.8, 4) is 22.6 Å². The zero-order chi connectivity index (χ0) is 20.4. The highest BCUT2D eigenvalue weighted by atomic mass is 19.4. The molecular weight excluding hydrogens is 386 g/mol. The highest BCUT2D eigenvalue weighted by molar-refractivity contribution is 5.60. The van der Waals surface area contributed by atoms with Crippen molar-refractivity contribution in [1.82, 2.24) is 24.8 Å². The van der Waals surface area contributed by atoms with Gasteiger partial charge in [0, 0.05) is 29.4 Å². The lowest BCUT2D eigenvalue weighted by Crippen LogP contribution is -2.39. The number of hydrogen-bond acceptors (Lipinski definition) is 4. The Hall–Kier alpha value is -2.81. The topological polar surface area (TPSA) is 57.7 Å². The highest BCUT2D eigenvalue weighted by Crippen LogP contribution is 2.29. The van der Waals surface area contributed by atoms with Crippen LogP contribution < -0.4 is 0 Å². The first-order valence-corrected chi connectivity index (χ1v) is 9.30. The van der Waals surface area contributed by atoms with Crippen LogP contribution in [0.2, 0.25) is 0 Å². The number of nitrogens with one attached hydrogen (secondary N) is 1. The Morgan fingerprint density at radius 1 is 1.00 bits per heavy atom. The molecule has 0 unspecified atom stereocenters. The number of rotatable bonds is 4. The Bertz CT molecular complexity index is 960. The van der Waals surface area contributed by atoms with E-state index in [4.69, 9.17) is 0 Å². The van der Waals surface area contributed by atoms with Gasteiger partial charge >= 0.3 is 6.18 Å². The molecule has 0 spiro atoms. The summed E-state index contributed by atoms with van der Waals surface area (Å²) >= 11 is 0. The third kappa shape index (κ3) is 4.79. The molecule has 1 aromatic carbocycles. The monoisotopic (exact) mass is 405 g/mol. The molecule has 1 N–H and O–H groups in total. The van der Waals surface area contributed by atoms with Gasteiger partial charge in [0.05, 0.1) is 18.4 Å². The maximum atomic E-state index is 13.4. The van der Waals surface area contributed by atoms with Gasteiger partial charge in [-0.1, -0.05) is 12.1 Å². The van der Waals surface area contributed by atoms with Crippen LogP contribution in [0.4, 0.5) is 17.6 Å². The number of H-pyrrole nitrogens is 1. The van der Waals surface area contributed by atoms with Crippen LogP contribution in [0.5, 0.6) is 0 Å². The summed E-state index contributed by atoms with van der Waals surface area (Å²) in [6.07, 6.45) is 2.03. The lowest BCUT2D eigenvalue weighted by Gasteiger charge is -2.31. The van der Waals surface area contributed by atoms with Crippen LogP contribution in [-0.2, 0) is 0 Å². The predicted molar refractivity (Wildman–Crippen MR) is 99.5 cm³/mol. The Morgan fingerprint density at radius 3 is 2.38 bits per heavy atom. The minimum Gasteiger partial charge on any atom is -0.342 e. The van der Waals surface area contributed by atoms with E-state index in [2.05, 4.69) is 19.9 Å². The van der Waals surface area contributed by atoms with Crippen LogP contribution in [0.25, 0.3) is 22.6 Å². The van der Waals surface area contributed by atoms with Crippen molar-refractivity contribution in [3.63, 3.8) is 0 Å². The van der Waals surface area contributed by atoms with Gasteiger partial charge in [-0.15, -0.1) is 0 Å². The lowest BCUT2D eigenvalue weighted by atomic mass is 9.96. The number of hydrogen-bond donors (Lipinski definition) is 1. The fourth-order valence-corrected chi connectivity index (χ4v) is 3.55. The molecule has 2 aromatic heterocycles. The fraction of sp³-hybridized carbons (Fsp3) is 0.350. The normalized spacial score (nSPS) is 16.3. The molecule has 4 rings (SSSR count). The SMILES string of the molecule is Fc1cccc(-c2ncc(-c3cnc(C4CCN(CC(F)(F)F)CC4)[nH]3)cn2)c1. The van der Waals surface area contributed by atoms with E-state index < -0.39 is 12.7 Å². The second-order valence-electron chi connectivity index (χ2n) is 7.15. The van der Waals surface area contributed by atoms with Crippen LogP contribution in [0.15, 0.2) is 42.9 Å². The summed E-state index contributed by atoms with van der Waals surface area (Å²) in [7, 11) is 0. The van der Waals surface area contributed by atoms with Crippen LogP contribution in [0.1, 0.15) is 24.6 Å². The number of aromatic nitrogens is 4. The van der Waals surface area contributed by atoms with Crippen LogP contribution in [-0.4, -0.2) is 50.6 Å². The summed E-state index contributed by atoms with van der Waals surface area (Å²) in [5, 5.41) is 0. The summed E-state index contributed by atoms with van der Waals surface area (Å²) in [5.41, 5.74) is 2.06. The molecule has 1 fully saturated rings. The highest BCUT2D eigenvalue weighted by Gasteiger charge is 2.33. The van der Waals surface area contributed by atoms with E-state index in [0.29, 0.717) is 37.3 Å².